The van der Waals surface area contributed by atoms with Gasteiger partial charge in [0, 0.05) is 57.3 Å². The summed E-state index contributed by atoms with van der Waals surface area (Å²) in [6.45, 7) is 3.32. The second-order valence-corrected chi connectivity index (χ2v) is 8.14. The summed E-state index contributed by atoms with van der Waals surface area (Å²) in [5.41, 5.74) is 0.305. The number of rotatable bonds is 8. The Labute approximate surface area is 201 Å². The van der Waals surface area contributed by atoms with Crippen molar-refractivity contribution < 1.29 is 33.8 Å². The molecule has 2 heterocycles. The number of amides is 2. The number of benzene rings is 2. The minimum absolute atomic E-state index is 0.0327. The molecule has 2 aliphatic heterocycles. The molecule has 2 amide bonds. The normalized spacial score (nSPS) is 15.5. The zero-order valence-electron chi connectivity index (χ0n) is 19.1. The van der Waals surface area contributed by atoms with Gasteiger partial charge >= 0.3 is 0 Å². The molecular weight excluding hydrogens is 460 g/mol. The summed E-state index contributed by atoms with van der Waals surface area (Å²) in [5.74, 6) is 1.06. The summed E-state index contributed by atoms with van der Waals surface area (Å²) in [6, 6.07) is 9.29. The smallest absolute Gasteiger partial charge is 0.293 e. The quantitative estimate of drug-likeness (QED) is 0.415. The summed E-state index contributed by atoms with van der Waals surface area (Å²) in [7, 11) is 0. The topological polar surface area (TPSA) is 144 Å². The first-order valence-corrected chi connectivity index (χ1v) is 11.1. The van der Waals surface area contributed by atoms with Gasteiger partial charge in [-0.1, -0.05) is 0 Å². The summed E-state index contributed by atoms with van der Waals surface area (Å²) in [5, 5.41) is 24.4. The van der Waals surface area contributed by atoms with Crippen LogP contribution in [0.1, 0.15) is 17.3 Å². The van der Waals surface area contributed by atoms with Gasteiger partial charge in [0.15, 0.2) is 11.5 Å². The summed E-state index contributed by atoms with van der Waals surface area (Å²) >= 11 is 0. The van der Waals surface area contributed by atoms with Gasteiger partial charge in [-0.05, 0) is 24.3 Å². The molecule has 0 spiro atoms. The molecule has 0 aliphatic carbocycles. The van der Waals surface area contributed by atoms with Crippen LogP contribution in [-0.2, 0) is 4.79 Å². The van der Waals surface area contributed by atoms with E-state index in [0.717, 1.165) is 0 Å². The first kappa shape index (κ1) is 24.1. The molecule has 2 N–H and O–H groups in total. The van der Waals surface area contributed by atoms with Crippen LogP contribution in [0.4, 0.5) is 11.4 Å². The molecule has 12 nitrogen and oxygen atoms in total. The van der Waals surface area contributed by atoms with Crippen molar-refractivity contribution in [2.24, 2.45) is 0 Å². The number of carbonyl (C=O) groups excluding carboxylic acids is 2. The molecule has 4 rings (SSSR count). The average Bonchev–Trinajstić information content (AvgIpc) is 3.33. The molecule has 0 radical (unpaired) electrons. The van der Waals surface area contributed by atoms with E-state index in [1.807, 2.05) is 4.90 Å². The van der Waals surface area contributed by atoms with Gasteiger partial charge in [0.2, 0.25) is 12.7 Å². The lowest BCUT2D eigenvalue weighted by atomic mass is 10.1. The van der Waals surface area contributed by atoms with E-state index < -0.39 is 16.9 Å². The monoisotopic (exact) mass is 486 g/mol. The van der Waals surface area contributed by atoms with Gasteiger partial charge in [0.05, 0.1) is 4.92 Å². The Morgan fingerprint density at radius 2 is 1.89 bits per heavy atom. The number of carbonyl (C=O) groups is 2. The third-order valence-electron chi connectivity index (χ3n) is 5.78. The molecule has 1 unspecified atom stereocenters. The van der Waals surface area contributed by atoms with Crippen molar-refractivity contribution in [3.05, 3.63) is 52.1 Å². The molecule has 2 aliphatic rings. The molecule has 0 bridgehead atoms. The molecular formula is C23H26N4O8. The zero-order chi connectivity index (χ0) is 24.9. The van der Waals surface area contributed by atoms with Crippen LogP contribution in [0.5, 0.6) is 17.2 Å². The van der Waals surface area contributed by atoms with E-state index in [9.17, 15) is 24.8 Å². The molecule has 1 fully saturated rings. The van der Waals surface area contributed by atoms with Crippen LogP contribution in [0.25, 0.3) is 0 Å². The number of ether oxygens (including phenoxy) is 3. The summed E-state index contributed by atoms with van der Waals surface area (Å²) in [4.78, 5) is 38.7. The number of aliphatic hydroxyl groups is 1. The first-order chi connectivity index (χ1) is 16.8. The summed E-state index contributed by atoms with van der Waals surface area (Å²) in [6.07, 6.45) is -1.00. The van der Waals surface area contributed by atoms with Crippen LogP contribution < -0.4 is 24.4 Å². The van der Waals surface area contributed by atoms with E-state index in [0.29, 0.717) is 49.1 Å². The Kier molecular flexibility index (Phi) is 7.20. The third-order valence-corrected chi connectivity index (χ3v) is 5.78. The Bertz CT molecular complexity index is 1120. The zero-order valence-corrected chi connectivity index (χ0v) is 19.1. The Morgan fingerprint density at radius 3 is 2.60 bits per heavy atom. The van der Waals surface area contributed by atoms with E-state index in [2.05, 4.69) is 5.32 Å². The molecule has 1 saturated heterocycles. The van der Waals surface area contributed by atoms with Crippen LogP contribution in [0, 0.1) is 10.1 Å². The van der Waals surface area contributed by atoms with Crippen LogP contribution in [0.2, 0.25) is 0 Å². The van der Waals surface area contributed by atoms with Crippen LogP contribution in [0.15, 0.2) is 36.4 Å². The minimum atomic E-state index is -1.00. The standard InChI is InChI=1S/C23H26N4O8/c1-15(28)25-6-8-26(9-7-25)19-4-2-16(10-20(19)27(31)32)23(30)24-12-17(29)13-33-18-3-5-21-22(11-18)35-14-34-21/h2-5,10-11,17,29H,6-9,12-14H2,1H3,(H,24,30). The van der Waals surface area contributed by atoms with Gasteiger partial charge < -0.3 is 34.4 Å². The predicted molar refractivity (Wildman–Crippen MR) is 124 cm³/mol. The van der Waals surface area contributed by atoms with E-state index in [1.165, 1.54) is 25.1 Å². The van der Waals surface area contributed by atoms with E-state index >= 15 is 0 Å². The van der Waals surface area contributed by atoms with Crippen molar-refractivity contribution in [1.82, 2.24) is 10.2 Å². The highest BCUT2D eigenvalue weighted by Crippen LogP contribution is 2.35. The van der Waals surface area contributed by atoms with Crippen LogP contribution in [0.3, 0.4) is 0 Å². The molecule has 35 heavy (non-hydrogen) atoms. The maximum absolute atomic E-state index is 12.6. The highest BCUT2D eigenvalue weighted by molar-refractivity contribution is 5.95. The largest absolute Gasteiger partial charge is 0.491 e. The molecule has 2 aromatic carbocycles. The Balaban J connectivity index is 1.32. The van der Waals surface area contributed by atoms with Gasteiger partial charge in [-0.25, -0.2) is 0 Å². The minimum Gasteiger partial charge on any atom is -0.491 e. The lowest BCUT2D eigenvalue weighted by molar-refractivity contribution is -0.384. The summed E-state index contributed by atoms with van der Waals surface area (Å²) < 4.78 is 16.0. The number of piperazine rings is 1. The number of hydrogen-bond acceptors (Lipinski definition) is 9. The lowest BCUT2D eigenvalue weighted by Gasteiger charge is -2.35. The maximum Gasteiger partial charge on any atom is 0.293 e. The highest BCUT2D eigenvalue weighted by Gasteiger charge is 2.26. The third kappa shape index (κ3) is 5.72. The van der Waals surface area contributed by atoms with E-state index in [-0.39, 0.29) is 37.1 Å². The predicted octanol–water partition coefficient (Wildman–Crippen LogP) is 1.16. The number of nitro benzene ring substituents is 1. The molecule has 186 valence electrons. The number of hydrogen-bond donors (Lipinski definition) is 2. The van der Waals surface area contributed by atoms with Crippen LogP contribution >= 0.6 is 0 Å². The molecule has 1 atom stereocenters. The highest BCUT2D eigenvalue weighted by atomic mass is 16.7. The second kappa shape index (κ2) is 10.5. The number of fused-ring (bicyclic) bond motifs is 1. The number of anilines is 1. The second-order valence-electron chi connectivity index (χ2n) is 8.14. The van der Waals surface area contributed by atoms with Crippen molar-refractivity contribution in [3.63, 3.8) is 0 Å². The van der Waals surface area contributed by atoms with Crippen molar-refractivity contribution in [1.29, 1.82) is 0 Å². The number of aliphatic hydroxyl groups excluding tert-OH is 1. The van der Waals surface area contributed by atoms with Gasteiger partial charge in [0.25, 0.3) is 11.6 Å². The number of nitro groups is 1. The molecule has 12 heteroatoms. The number of nitrogens with one attached hydrogen (secondary N) is 1. The number of nitrogens with zero attached hydrogens (tertiary/aromatic N) is 3. The van der Waals surface area contributed by atoms with Gasteiger partial charge in [-0.2, -0.15) is 0 Å². The maximum atomic E-state index is 12.6. The van der Waals surface area contributed by atoms with Gasteiger partial charge in [-0.3, -0.25) is 19.7 Å². The SMILES string of the molecule is CC(=O)N1CCN(c2ccc(C(=O)NCC(O)COc3ccc4c(c3)OCO4)cc2[N+](=O)[O-])CC1. The molecule has 0 saturated carbocycles. The fourth-order valence-corrected chi connectivity index (χ4v) is 3.87. The van der Waals surface area contributed by atoms with Gasteiger partial charge in [0.1, 0.15) is 24.1 Å². The molecule has 0 aromatic heterocycles. The van der Waals surface area contributed by atoms with E-state index in [4.69, 9.17) is 14.2 Å². The first-order valence-electron chi connectivity index (χ1n) is 11.1. The lowest BCUT2D eigenvalue weighted by Crippen LogP contribution is -2.48. The molecule has 2 aromatic rings. The fraction of sp³-hybridized carbons (Fsp3) is 0.391. The van der Waals surface area contributed by atoms with Crippen molar-refractivity contribution in [2.45, 2.75) is 13.0 Å². The Morgan fingerprint density at radius 1 is 1.14 bits per heavy atom. The van der Waals surface area contributed by atoms with Crippen LogP contribution in [-0.4, -0.2) is 79.0 Å². The Hall–Kier alpha value is -4.06. The van der Waals surface area contributed by atoms with Crippen molar-refractivity contribution in [2.75, 3.05) is 51.0 Å². The van der Waals surface area contributed by atoms with Crippen molar-refractivity contribution >= 4 is 23.2 Å². The van der Waals surface area contributed by atoms with Gasteiger partial charge in [-0.15, -0.1) is 0 Å². The fourth-order valence-electron chi connectivity index (χ4n) is 3.87. The average molecular weight is 486 g/mol. The van der Waals surface area contributed by atoms with Crippen molar-refractivity contribution in [3.8, 4) is 17.2 Å². The van der Waals surface area contributed by atoms with E-state index in [1.54, 1.807) is 23.1 Å².